The fourth-order valence-electron chi connectivity index (χ4n) is 2.83. The second-order valence-electron chi connectivity index (χ2n) is 5.50. The Morgan fingerprint density at radius 1 is 0.958 bits per heavy atom. The van der Waals surface area contributed by atoms with Crippen molar-refractivity contribution >= 4 is 21.4 Å². The first-order valence-electron chi connectivity index (χ1n) is 7.54. The molecule has 0 amide bonds. The lowest BCUT2D eigenvalue weighted by Crippen LogP contribution is -2.42. The molecule has 128 valence electrons. The summed E-state index contributed by atoms with van der Waals surface area (Å²) in [7, 11) is 1.14. The monoisotopic (exact) mass is 348 g/mol. The van der Waals surface area contributed by atoms with Crippen LogP contribution in [-0.4, -0.2) is 42.8 Å². The highest BCUT2D eigenvalue weighted by molar-refractivity contribution is 7.93. The van der Waals surface area contributed by atoms with Crippen molar-refractivity contribution in [3.63, 3.8) is 0 Å². The van der Waals surface area contributed by atoms with E-state index >= 15 is 0 Å². The fraction of sp³-hybridized carbons (Fsp3) is 0.294. The number of likely N-dealkylation sites (N-methyl/N-ethyl adjacent to an activating group) is 1. The molecule has 0 spiro atoms. The summed E-state index contributed by atoms with van der Waals surface area (Å²) in [5.74, 6) is 0.768. The van der Waals surface area contributed by atoms with Gasteiger partial charge in [-0.25, -0.2) is 8.42 Å². The Hall–Kier alpha value is -2.41. The number of fused-ring (bicyclic) bond motifs is 1. The maximum Gasteiger partial charge on any atom is 0.268 e. The predicted octanol–water partition coefficient (Wildman–Crippen LogP) is 2.35. The Labute approximate surface area is 142 Å². The van der Waals surface area contributed by atoms with E-state index in [9.17, 15) is 8.42 Å². The minimum absolute atomic E-state index is 0.101. The van der Waals surface area contributed by atoms with Crippen LogP contribution in [0.2, 0.25) is 0 Å². The van der Waals surface area contributed by atoms with Gasteiger partial charge in [0.2, 0.25) is 0 Å². The quantitative estimate of drug-likeness (QED) is 0.849. The number of hydrogen-bond acceptors (Lipinski definition) is 5. The zero-order chi connectivity index (χ0) is 17.3. The van der Waals surface area contributed by atoms with Crippen LogP contribution in [0.25, 0.3) is 0 Å². The van der Waals surface area contributed by atoms with Crippen LogP contribution in [0, 0.1) is 0 Å². The number of methoxy groups -OCH3 is 2. The Balaban J connectivity index is 2.14. The van der Waals surface area contributed by atoms with Gasteiger partial charge in [0.15, 0.2) is 0 Å². The molecule has 1 aliphatic rings. The molecule has 1 heterocycles. The first-order chi connectivity index (χ1) is 11.5. The highest BCUT2D eigenvalue weighted by atomic mass is 32.2. The standard InChI is InChI=1S/C17H20N2O4S/c1-18-10-11-19(15-7-5-4-6-14(15)18)24(20,21)17-12-13(22-2)8-9-16(17)23-3/h4-9,12H,10-11H2,1-3H3. The van der Waals surface area contributed by atoms with Gasteiger partial charge in [-0.15, -0.1) is 0 Å². The summed E-state index contributed by atoms with van der Waals surface area (Å²) in [5, 5.41) is 0. The highest BCUT2D eigenvalue weighted by Gasteiger charge is 2.33. The molecule has 3 rings (SSSR count). The van der Waals surface area contributed by atoms with Crippen molar-refractivity contribution in [1.29, 1.82) is 0 Å². The van der Waals surface area contributed by atoms with E-state index in [4.69, 9.17) is 9.47 Å². The summed E-state index contributed by atoms with van der Waals surface area (Å²) in [4.78, 5) is 2.15. The van der Waals surface area contributed by atoms with Gasteiger partial charge in [0.1, 0.15) is 16.4 Å². The third kappa shape index (κ3) is 2.65. The summed E-state index contributed by atoms with van der Waals surface area (Å²) in [6.45, 7) is 0.985. The van der Waals surface area contributed by atoms with Gasteiger partial charge in [-0.3, -0.25) is 4.31 Å². The van der Waals surface area contributed by atoms with E-state index in [1.807, 2.05) is 36.2 Å². The first kappa shape index (κ1) is 16.4. The zero-order valence-electron chi connectivity index (χ0n) is 13.9. The van der Waals surface area contributed by atoms with E-state index in [0.29, 0.717) is 30.3 Å². The largest absolute Gasteiger partial charge is 0.497 e. The number of para-hydroxylation sites is 2. The molecule has 2 aromatic rings. The minimum Gasteiger partial charge on any atom is -0.497 e. The Kier molecular flexibility index (Phi) is 4.28. The van der Waals surface area contributed by atoms with Gasteiger partial charge < -0.3 is 14.4 Å². The fourth-order valence-corrected chi connectivity index (χ4v) is 4.48. The molecule has 6 nitrogen and oxygen atoms in total. The Morgan fingerprint density at radius 2 is 1.67 bits per heavy atom. The first-order valence-corrected chi connectivity index (χ1v) is 8.98. The van der Waals surface area contributed by atoms with E-state index < -0.39 is 10.0 Å². The number of nitrogens with zero attached hydrogens (tertiary/aromatic N) is 2. The van der Waals surface area contributed by atoms with Gasteiger partial charge in [0, 0.05) is 19.7 Å². The third-order valence-corrected chi connectivity index (χ3v) is 5.97. The lowest BCUT2D eigenvalue weighted by atomic mass is 10.2. The molecule has 0 radical (unpaired) electrons. The smallest absolute Gasteiger partial charge is 0.268 e. The van der Waals surface area contributed by atoms with Crippen LogP contribution in [0.15, 0.2) is 47.4 Å². The van der Waals surface area contributed by atoms with E-state index in [0.717, 1.165) is 5.69 Å². The molecular formula is C17H20N2O4S. The molecule has 0 bridgehead atoms. The normalized spacial score (nSPS) is 14.3. The van der Waals surface area contributed by atoms with Gasteiger partial charge in [-0.05, 0) is 24.3 Å². The SMILES string of the molecule is COc1ccc(OC)c(S(=O)(=O)N2CCN(C)c3ccccc32)c1. The van der Waals surface area contributed by atoms with Gasteiger partial charge >= 0.3 is 0 Å². The Bertz CT molecular complexity index is 851. The molecule has 1 aliphatic heterocycles. The van der Waals surface area contributed by atoms with Crippen molar-refractivity contribution in [2.75, 3.05) is 43.6 Å². The van der Waals surface area contributed by atoms with Crippen LogP contribution < -0.4 is 18.7 Å². The number of sulfonamides is 1. The molecule has 0 aromatic heterocycles. The van der Waals surface area contributed by atoms with Gasteiger partial charge in [-0.2, -0.15) is 0 Å². The van der Waals surface area contributed by atoms with Crippen molar-refractivity contribution in [3.05, 3.63) is 42.5 Å². The number of rotatable bonds is 4. The molecule has 0 saturated carbocycles. The van der Waals surface area contributed by atoms with Crippen LogP contribution in [0.4, 0.5) is 11.4 Å². The maximum absolute atomic E-state index is 13.3. The van der Waals surface area contributed by atoms with E-state index in [1.54, 1.807) is 12.1 Å². The lowest BCUT2D eigenvalue weighted by Gasteiger charge is -2.36. The van der Waals surface area contributed by atoms with Crippen LogP contribution >= 0.6 is 0 Å². The highest BCUT2D eigenvalue weighted by Crippen LogP contribution is 2.38. The summed E-state index contributed by atoms with van der Waals surface area (Å²) in [6.07, 6.45) is 0. The van der Waals surface area contributed by atoms with Crippen LogP contribution in [0.3, 0.4) is 0 Å². The summed E-state index contributed by atoms with van der Waals surface area (Å²) < 4.78 is 38.4. The number of anilines is 2. The summed E-state index contributed by atoms with van der Waals surface area (Å²) in [6, 6.07) is 12.2. The van der Waals surface area contributed by atoms with E-state index in [-0.39, 0.29) is 4.90 Å². The van der Waals surface area contributed by atoms with Crippen LogP contribution in [0.5, 0.6) is 11.5 Å². The molecule has 0 atom stereocenters. The molecule has 0 aliphatic carbocycles. The average molecular weight is 348 g/mol. The summed E-state index contributed by atoms with van der Waals surface area (Å²) >= 11 is 0. The van der Waals surface area contributed by atoms with Gasteiger partial charge in [-0.1, -0.05) is 12.1 Å². The Morgan fingerprint density at radius 3 is 2.33 bits per heavy atom. The van der Waals surface area contributed by atoms with Crippen molar-refractivity contribution in [3.8, 4) is 11.5 Å². The lowest BCUT2D eigenvalue weighted by molar-refractivity contribution is 0.392. The number of ether oxygens (including phenoxy) is 2. The van der Waals surface area contributed by atoms with Crippen molar-refractivity contribution in [2.45, 2.75) is 4.90 Å². The molecule has 0 saturated heterocycles. The predicted molar refractivity (Wildman–Crippen MR) is 93.8 cm³/mol. The van der Waals surface area contributed by atoms with Gasteiger partial charge in [0.25, 0.3) is 10.0 Å². The van der Waals surface area contributed by atoms with Crippen LogP contribution in [-0.2, 0) is 10.0 Å². The molecule has 2 aromatic carbocycles. The van der Waals surface area contributed by atoms with Gasteiger partial charge in [0.05, 0.1) is 32.1 Å². The number of benzene rings is 2. The second kappa shape index (κ2) is 6.24. The molecule has 0 fully saturated rings. The second-order valence-corrected chi connectivity index (χ2v) is 7.33. The van der Waals surface area contributed by atoms with Crippen molar-refractivity contribution in [2.24, 2.45) is 0 Å². The van der Waals surface area contributed by atoms with E-state index in [1.165, 1.54) is 24.6 Å². The summed E-state index contributed by atoms with van der Waals surface area (Å²) in [5.41, 5.74) is 1.55. The average Bonchev–Trinajstić information content (AvgIpc) is 2.61. The molecule has 24 heavy (non-hydrogen) atoms. The van der Waals surface area contributed by atoms with Crippen molar-refractivity contribution < 1.29 is 17.9 Å². The molecule has 0 N–H and O–H groups in total. The minimum atomic E-state index is -3.77. The van der Waals surface area contributed by atoms with Crippen LogP contribution in [0.1, 0.15) is 0 Å². The van der Waals surface area contributed by atoms with E-state index in [2.05, 4.69) is 0 Å². The maximum atomic E-state index is 13.3. The third-order valence-electron chi connectivity index (χ3n) is 4.14. The molecular weight excluding hydrogens is 328 g/mol. The zero-order valence-corrected chi connectivity index (χ0v) is 14.7. The van der Waals surface area contributed by atoms with Crippen molar-refractivity contribution in [1.82, 2.24) is 0 Å². The number of hydrogen-bond donors (Lipinski definition) is 0. The molecule has 7 heteroatoms. The topological polar surface area (TPSA) is 59.1 Å². The molecule has 0 unspecified atom stereocenters.